The van der Waals surface area contributed by atoms with Crippen LogP contribution in [-0.2, 0) is 21.7 Å². The summed E-state index contributed by atoms with van der Waals surface area (Å²) in [6, 6.07) is 29.9. The lowest BCUT2D eigenvalue weighted by atomic mass is 9.27. The third-order valence-corrected chi connectivity index (χ3v) is 17.9. The number of aryl methyl sites for hydroxylation is 2. The van der Waals surface area contributed by atoms with E-state index in [0.29, 0.717) is 0 Å². The molecule has 15 rings (SSSR count). The average molecular weight is 851 g/mol. The topological polar surface area (TPSA) is 9.86 Å². The van der Waals surface area contributed by atoms with Gasteiger partial charge in [0.05, 0.1) is 11.0 Å². The first kappa shape index (κ1) is 38.4. The summed E-state index contributed by atoms with van der Waals surface area (Å²) < 4.78 is 5.78. The van der Waals surface area contributed by atoms with Crippen LogP contribution in [0.25, 0.3) is 77.2 Å². The number of rotatable bonds is 0. The first-order valence-corrected chi connectivity index (χ1v) is 24.9. The highest BCUT2D eigenvalue weighted by Gasteiger charge is 2.55. The SMILES string of the molecule is Cc1cccc2c1B1c3c(C)c4c5c6c3-n3c7c(ccc(C(C)(C)C)c7c7c(C(C)(C)C)cc-2c1c73)B6c1ccc(C(C)(C)C)c2c3c(C(C)(C)C)cc6c(c3n-5c12)B4c1c(C)cccc1-6. The molecule has 0 atom stereocenters. The maximum Gasteiger partial charge on any atom is 0.252 e. The smallest absolute Gasteiger partial charge is 0.252 e. The van der Waals surface area contributed by atoms with E-state index in [1.807, 2.05) is 0 Å². The molecular formula is C61H57B3N2. The van der Waals surface area contributed by atoms with Crippen LogP contribution in [-0.4, -0.2) is 29.3 Å². The standard InChI is InChI=1S/C61H57B3N2/c1-28-18-16-20-31-33-26-37(60(10,11)12)43-41-35(58(4,5)6)22-24-39-52(41)65-54(43)49(33)63(45(28)31)47-30(3)48-57-51(56(47)65)62(39)40-25-23-36(59(7,8)9)42-44-38(61(13,14)15)27-34-32-21-17-19-29(2)46(32)64(48)50(34)55(44)66(57)53(40)42/h16-27H,1-15H3. The molecule has 0 spiro atoms. The molecule has 2 aromatic heterocycles. The molecule has 9 aromatic rings. The summed E-state index contributed by atoms with van der Waals surface area (Å²) in [5.74, 6) is 0. The van der Waals surface area contributed by atoms with Gasteiger partial charge in [-0.25, -0.2) is 0 Å². The molecule has 5 heteroatoms. The van der Waals surface area contributed by atoms with Gasteiger partial charge in [0.2, 0.25) is 13.4 Å². The van der Waals surface area contributed by atoms with Gasteiger partial charge in [-0.15, -0.1) is 0 Å². The average Bonchev–Trinajstić information content (AvgIpc) is 3.97. The maximum atomic E-state index is 2.89. The Morgan fingerprint density at radius 1 is 0.348 bits per heavy atom. The third-order valence-electron chi connectivity index (χ3n) is 17.9. The Balaban J connectivity index is 1.28. The molecule has 0 radical (unpaired) electrons. The van der Waals surface area contributed by atoms with Gasteiger partial charge in [-0.3, -0.25) is 0 Å². The fourth-order valence-corrected chi connectivity index (χ4v) is 15.4. The predicted octanol–water partition coefficient (Wildman–Crippen LogP) is 8.76. The molecule has 6 aliphatic rings. The maximum absolute atomic E-state index is 2.89. The molecule has 0 bridgehead atoms. The minimum absolute atomic E-state index is 0.0561. The first-order valence-electron chi connectivity index (χ1n) is 24.9. The lowest BCUT2D eigenvalue weighted by Gasteiger charge is -2.42. The first-order chi connectivity index (χ1) is 31.1. The summed E-state index contributed by atoms with van der Waals surface area (Å²) in [5.41, 5.74) is 38.2. The Morgan fingerprint density at radius 2 is 0.727 bits per heavy atom. The zero-order valence-electron chi connectivity index (χ0n) is 41.6. The van der Waals surface area contributed by atoms with E-state index < -0.39 is 0 Å². The number of fused-ring (bicyclic) bond motifs is 12. The van der Waals surface area contributed by atoms with Crippen molar-refractivity contribution in [3.63, 3.8) is 0 Å². The van der Waals surface area contributed by atoms with Crippen molar-refractivity contribution < 1.29 is 0 Å². The Bertz CT molecular complexity index is 3700. The van der Waals surface area contributed by atoms with Gasteiger partial charge in [0.15, 0.2) is 0 Å². The van der Waals surface area contributed by atoms with Gasteiger partial charge in [-0.2, -0.15) is 0 Å². The van der Waals surface area contributed by atoms with Crippen LogP contribution in [0, 0.1) is 20.8 Å². The second kappa shape index (κ2) is 11.0. The van der Waals surface area contributed by atoms with Crippen molar-refractivity contribution in [3.05, 3.63) is 112 Å². The van der Waals surface area contributed by atoms with E-state index in [4.69, 9.17) is 0 Å². The molecule has 0 saturated carbocycles. The van der Waals surface area contributed by atoms with E-state index >= 15 is 0 Å². The Morgan fingerprint density at radius 3 is 1.11 bits per heavy atom. The molecule has 66 heavy (non-hydrogen) atoms. The zero-order valence-corrected chi connectivity index (χ0v) is 41.6. The number of hydrogen-bond donors (Lipinski definition) is 0. The van der Waals surface area contributed by atoms with Crippen molar-refractivity contribution in [3.8, 4) is 33.6 Å². The number of benzene rings is 7. The fraction of sp³-hybridized carbons (Fsp3) is 0.311. The second-order valence-corrected chi connectivity index (χ2v) is 25.7. The second-order valence-electron chi connectivity index (χ2n) is 25.7. The van der Waals surface area contributed by atoms with Gasteiger partial charge in [-0.1, -0.05) is 183 Å². The highest BCUT2D eigenvalue weighted by Crippen LogP contribution is 2.51. The molecule has 0 fully saturated rings. The number of aromatic nitrogens is 2. The van der Waals surface area contributed by atoms with Gasteiger partial charge >= 0.3 is 0 Å². The van der Waals surface area contributed by atoms with Crippen LogP contribution >= 0.6 is 0 Å². The van der Waals surface area contributed by atoms with Crippen LogP contribution < -0.4 is 49.2 Å². The molecular weight excluding hydrogens is 793 g/mol. The van der Waals surface area contributed by atoms with Gasteiger partial charge in [-0.05, 0) is 125 Å². The van der Waals surface area contributed by atoms with Crippen molar-refractivity contribution in [2.75, 3.05) is 0 Å². The quantitative estimate of drug-likeness (QED) is 0.135. The molecule has 2 nitrogen and oxygen atoms in total. The van der Waals surface area contributed by atoms with E-state index in [1.54, 1.807) is 16.4 Å². The molecule has 0 N–H and O–H groups in total. The summed E-state index contributed by atoms with van der Waals surface area (Å²) >= 11 is 0. The lowest BCUT2D eigenvalue weighted by molar-refractivity contribution is 0.592. The van der Waals surface area contributed by atoms with Crippen LogP contribution in [0.4, 0.5) is 0 Å². The van der Waals surface area contributed by atoms with Crippen molar-refractivity contribution in [1.82, 2.24) is 9.13 Å². The highest BCUT2D eigenvalue weighted by atomic mass is 15.1. The molecule has 7 aromatic carbocycles. The monoisotopic (exact) mass is 850 g/mol. The highest BCUT2D eigenvalue weighted by molar-refractivity contribution is 7.08. The van der Waals surface area contributed by atoms with E-state index in [2.05, 4.69) is 186 Å². The summed E-state index contributed by atoms with van der Waals surface area (Å²) in [5, 5.41) is 5.95. The van der Waals surface area contributed by atoms with Crippen LogP contribution in [0.1, 0.15) is 122 Å². The zero-order chi connectivity index (χ0) is 45.7. The molecule has 0 saturated heterocycles. The van der Waals surface area contributed by atoms with Crippen LogP contribution in [0.2, 0.25) is 0 Å². The van der Waals surface area contributed by atoms with Crippen molar-refractivity contribution in [1.29, 1.82) is 0 Å². The lowest BCUT2D eigenvalue weighted by Crippen LogP contribution is -2.69. The molecule has 0 amide bonds. The Labute approximate surface area is 391 Å². The molecule has 8 heterocycles. The van der Waals surface area contributed by atoms with E-state index in [1.165, 1.54) is 149 Å². The fourth-order valence-electron chi connectivity index (χ4n) is 15.4. The van der Waals surface area contributed by atoms with Crippen LogP contribution in [0.5, 0.6) is 0 Å². The minimum Gasteiger partial charge on any atom is -0.311 e. The molecule has 6 aliphatic heterocycles. The minimum atomic E-state index is -0.0730. The molecule has 0 unspecified atom stereocenters. The predicted molar refractivity (Wildman–Crippen MR) is 289 cm³/mol. The van der Waals surface area contributed by atoms with E-state index in [-0.39, 0.29) is 41.8 Å². The Kier molecular flexibility index (Phi) is 6.42. The van der Waals surface area contributed by atoms with E-state index in [9.17, 15) is 0 Å². The van der Waals surface area contributed by atoms with Gasteiger partial charge in [0.1, 0.15) is 0 Å². The van der Waals surface area contributed by atoms with Crippen LogP contribution in [0.15, 0.2) is 72.8 Å². The Hall–Kier alpha value is -5.67. The summed E-state index contributed by atoms with van der Waals surface area (Å²) in [6.45, 7) is 37.1. The largest absolute Gasteiger partial charge is 0.311 e. The van der Waals surface area contributed by atoms with Crippen LogP contribution in [0.3, 0.4) is 0 Å². The summed E-state index contributed by atoms with van der Waals surface area (Å²) in [7, 11) is 0. The summed E-state index contributed by atoms with van der Waals surface area (Å²) in [4.78, 5) is 0. The summed E-state index contributed by atoms with van der Waals surface area (Å²) in [6.07, 6.45) is 0. The van der Waals surface area contributed by atoms with Gasteiger partial charge in [0, 0.05) is 44.0 Å². The van der Waals surface area contributed by atoms with Gasteiger partial charge in [0.25, 0.3) is 6.71 Å². The van der Waals surface area contributed by atoms with E-state index in [0.717, 1.165) is 0 Å². The van der Waals surface area contributed by atoms with Crippen molar-refractivity contribution in [2.45, 2.75) is 126 Å². The molecule has 320 valence electrons. The van der Waals surface area contributed by atoms with Gasteiger partial charge < -0.3 is 9.13 Å². The van der Waals surface area contributed by atoms with Crippen molar-refractivity contribution >= 4 is 113 Å². The third kappa shape index (κ3) is 3.95. The molecule has 0 aliphatic carbocycles. The number of hydrogen-bond acceptors (Lipinski definition) is 0. The normalized spacial score (nSPS) is 15.4. The number of nitrogens with zero attached hydrogens (tertiary/aromatic N) is 2. The van der Waals surface area contributed by atoms with Crippen molar-refractivity contribution in [2.24, 2.45) is 0 Å².